The molecule has 1 N–H and O–H groups in total. The number of carbonyl (C=O) groups is 1. The van der Waals surface area contributed by atoms with Gasteiger partial charge < -0.3 is 5.32 Å². The lowest BCUT2D eigenvalue weighted by atomic mass is 9.86. The van der Waals surface area contributed by atoms with Crippen molar-refractivity contribution in [2.24, 2.45) is 22.7 Å². The Balaban J connectivity index is 1.29. The fourth-order valence-corrected chi connectivity index (χ4v) is 4.44. The minimum absolute atomic E-state index is 0.187. The summed E-state index contributed by atoms with van der Waals surface area (Å²) in [6.45, 7) is -0.343. The van der Waals surface area contributed by atoms with Gasteiger partial charge in [0.15, 0.2) is 5.65 Å². The van der Waals surface area contributed by atoms with Gasteiger partial charge in [-0.05, 0) is 43.7 Å². The summed E-state index contributed by atoms with van der Waals surface area (Å²) in [4.78, 5) is 21.0. The summed E-state index contributed by atoms with van der Waals surface area (Å²) >= 11 is 0. The number of halogens is 3. The zero-order chi connectivity index (χ0) is 19.5. The number of carbonyl (C=O) groups excluding carboxylic acids is 1. The molecule has 5 rings (SSSR count). The van der Waals surface area contributed by atoms with E-state index >= 15 is 0 Å². The average molecular weight is 391 g/mol. The van der Waals surface area contributed by atoms with Gasteiger partial charge in [-0.15, -0.1) is 0 Å². The van der Waals surface area contributed by atoms with E-state index in [0.29, 0.717) is 23.3 Å². The van der Waals surface area contributed by atoms with Crippen LogP contribution in [-0.2, 0) is 17.6 Å². The first-order valence-electron chi connectivity index (χ1n) is 9.60. The molecular weight excluding hydrogens is 371 g/mol. The Morgan fingerprint density at radius 1 is 1.18 bits per heavy atom. The van der Waals surface area contributed by atoms with Crippen LogP contribution in [0.2, 0.25) is 0 Å². The fourth-order valence-electron chi connectivity index (χ4n) is 4.44. The maximum absolute atomic E-state index is 13.0. The van der Waals surface area contributed by atoms with E-state index in [1.165, 1.54) is 5.71 Å². The number of aliphatic imine (C=N–C) groups is 1. The number of fused-ring (bicyclic) bond motifs is 2. The molecule has 1 saturated heterocycles. The first-order valence-corrected chi connectivity index (χ1v) is 9.60. The molecule has 28 heavy (non-hydrogen) atoms. The van der Waals surface area contributed by atoms with Gasteiger partial charge in [-0.25, -0.2) is 9.50 Å². The Bertz CT molecular complexity index is 966. The number of imidazole rings is 1. The molecular formula is C19H20F3N5O. The molecule has 1 aliphatic carbocycles. The molecule has 0 radical (unpaired) electrons. The predicted molar refractivity (Wildman–Crippen MR) is 95.0 cm³/mol. The molecule has 2 fully saturated rings. The fraction of sp³-hybridized carbons (Fsp3) is 0.579. The van der Waals surface area contributed by atoms with Crippen molar-refractivity contribution in [2.45, 2.75) is 44.3 Å². The van der Waals surface area contributed by atoms with Gasteiger partial charge in [0.05, 0.1) is 29.5 Å². The van der Waals surface area contributed by atoms with Gasteiger partial charge in [0.2, 0.25) is 5.91 Å². The summed E-state index contributed by atoms with van der Waals surface area (Å²) in [5, 5.41) is 6.86. The quantitative estimate of drug-likeness (QED) is 0.870. The second-order valence-corrected chi connectivity index (χ2v) is 8.13. The van der Waals surface area contributed by atoms with Crippen molar-refractivity contribution in [1.82, 2.24) is 19.9 Å². The first-order chi connectivity index (χ1) is 13.3. The number of hydrogen-bond donors (Lipinski definition) is 1. The molecule has 3 aliphatic rings. The summed E-state index contributed by atoms with van der Waals surface area (Å²) < 4.78 is 40.7. The smallest absolute Gasteiger partial charge is 0.355 e. The molecule has 9 heteroatoms. The number of aromatic nitrogens is 3. The lowest BCUT2D eigenvalue weighted by Crippen LogP contribution is -2.47. The standard InChI is InChI=1S/C19H20F3N5O/c20-19(21,22)12-6-11(18(28)23-8-12)7-13-1-2-17-24-14(9-27(17)26-13)3-10-4-15-16(5-10)25-15/h1-2,9-12,15H,3-8H2,(H,23,28)/t10-,11?,12+,15-/m0/s1. The highest BCUT2D eigenvalue weighted by atomic mass is 19.4. The van der Waals surface area contributed by atoms with E-state index in [-0.39, 0.29) is 25.3 Å². The van der Waals surface area contributed by atoms with Crippen molar-refractivity contribution < 1.29 is 18.0 Å². The topological polar surface area (TPSA) is 71.7 Å². The van der Waals surface area contributed by atoms with Crippen molar-refractivity contribution in [1.29, 1.82) is 0 Å². The molecule has 1 saturated carbocycles. The van der Waals surface area contributed by atoms with E-state index < -0.39 is 18.0 Å². The largest absolute Gasteiger partial charge is 0.393 e. The van der Waals surface area contributed by atoms with Gasteiger partial charge in [-0.2, -0.15) is 18.3 Å². The van der Waals surface area contributed by atoms with Crippen molar-refractivity contribution in [2.75, 3.05) is 6.54 Å². The van der Waals surface area contributed by atoms with Crippen LogP contribution < -0.4 is 5.32 Å². The van der Waals surface area contributed by atoms with Crippen LogP contribution in [0, 0.1) is 17.8 Å². The normalized spacial score (nSPS) is 29.5. The third kappa shape index (κ3) is 3.38. The van der Waals surface area contributed by atoms with Crippen LogP contribution in [0.5, 0.6) is 0 Å². The van der Waals surface area contributed by atoms with Gasteiger partial charge in [-0.1, -0.05) is 0 Å². The molecule has 2 aromatic heterocycles. The maximum atomic E-state index is 13.0. The van der Waals surface area contributed by atoms with Crippen LogP contribution in [0.4, 0.5) is 13.2 Å². The first kappa shape index (κ1) is 17.6. The van der Waals surface area contributed by atoms with Gasteiger partial charge in [-0.3, -0.25) is 9.79 Å². The second kappa shape index (κ2) is 6.28. The van der Waals surface area contributed by atoms with Crippen molar-refractivity contribution in [3.63, 3.8) is 0 Å². The monoisotopic (exact) mass is 391 g/mol. The molecule has 4 heterocycles. The number of nitrogens with one attached hydrogen (secondary N) is 1. The number of amides is 1. The molecule has 6 nitrogen and oxygen atoms in total. The molecule has 1 amide bonds. The van der Waals surface area contributed by atoms with Crippen molar-refractivity contribution >= 4 is 17.3 Å². The van der Waals surface area contributed by atoms with E-state index in [1.807, 2.05) is 12.3 Å². The second-order valence-electron chi connectivity index (χ2n) is 8.13. The van der Waals surface area contributed by atoms with Gasteiger partial charge in [0.1, 0.15) is 0 Å². The van der Waals surface area contributed by atoms with Crippen molar-refractivity contribution in [3.05, 3.63) is 29.7 Å². The van der Waals surface area contributed by atoms with E-state index in [9.17, 15) is 18.0 Å². The zero-order valence-electron chi connectivity index (χ0n) is 15.1. The average Bonchev–Trinajstić information content (AvgIpc) is 3.06. The Kier molecular flexibility index (Phi) is 3.96. The highest BCUT2D eigenvalue weighted by Crippen LogP contribution is 2.37. The van der Waals surface area contributed by atoms with E-state index in [4.69, 9.17) is 0 Å². The number of hydrogen-bond acceptors (Lipinski definition) is 4. The van der Waals surface area contributed by atoms with E-state index in [2.05, 4.69) is 20.4 Å². The van der Waals surface area contributed by atoms with Crippen molar-refractivity contribution in [3.8, 4) is 0 Å². The third-order valence-electron chi connectivity index (χ3n) is 6.00. The van der Waals surface area contributed by atoms with Crippen LogP contribution in [0.25, 0.3) is 5.65 Å². The maximum Gasteiger partial charge on any atom is 0.393 e. The lowest BCUT2D eigenvalue weighted by Gasteiger charge is -2.30. The Morgan fingerprint density at radius 3 is 2.79 bits per heavy atom. The summed E-state index contributed by atoms with van der Waals surface area (Å²) in [5.74, 6) is -1.98. The molecule has 148 valence electrons. The molecule has 2 aliphatic heterocycles. The van der Waals surface area contributed by atoms with Crippen LogP contribution in [-0.4, -0.2) is 45.0 Å². The highest BCUT2D eigenvalue weighted by Gasteiger charge is 2.44. The minimum Gasteiger partial charge on any atom is -0.355 e. The molecule has 0 aromatic carbocycles. The number of nitrogens with zero attached hydrogens (tertiary/aromatic N) is 4. The van der Waals surface area contributed by atoms with Gasteiger partial charge >= 0.3 is 6.18 Å². The van der Waals surface area contributed by atoms with Gasteiger partial charge in [0, 0.05) is 24.6 Å². The molecule has 2 aromatic rings. The Labute approximate surface area is 159 Å². The molecule has 1 unspecified atom stereocenters. The van der Waals surface area contributed by atoms with Crippen LogP contribution in [0.15, 0.2) is 23.3 Å². The Morgan fingerprint density at radius 2 is 2.04 bits per heavy atom. The lowest BCUT2D eigenvalue weighted by molar-refractivity contribution is -0.183. The van der Waals surface area contributed by atoms with E-state index in [0.717, 1.165) is 25.0 Å². The molecule has 0 spiro atoms. The number of rotatable bonds is 4. The summed E-state index contributed by atoms with van der Waals surface area (Å²) in [7, 11) is 0. The SMILES string of the molecule is O=C1NC[C@H](C(F)(F)F)CC1Cc1ccc2nc(C[C@@H]3CC4=N[C@H]4C3)cn2n1. The summed E-state index contributed by atoms with van der Waals surface area (Å²) in [5.41, 5.74) is 3.59. The third-order valence-corrected chi connectivity index (χ3v) is 6.00. The summed E-state index contributed by atoms with van der Waals surface area (Å²) in [6.07, 6.45) is 0.599. The predicted octanol–water partition coefficient (Wildman–Crippen LogP) is 2.36. The van der Waals surface area contributed by atoms with Crippen LogP contribution >= 0.6 is 0 Å². The summed E-state index contributed by atoms with van der Waals surface area (Å²) in [6, 6.07) is 4.04. The number of piperidine rings is 1. The molecule has 4 atom stereocenters. The molecule has 0 bridgehead atoms. The van der Waals surface area contributed by atoms with Crippen LogP contribution in [0.1, 0.15) is 30.7 Å². The number of alkyl halides is 3. The van der Waals surface area contributed by atoms with Crippen LogP contribution in [0.3, 0.4) is 0 Å². The highest BCUT2D eigenvalue weighted by molar-refractivity contribution is 6.02. The minimum atomic E-state index is -4.30. The zero-order valence-corrected chi connectivity index (χ0v) is 15.1. The Hall–Kier alpha value is -2.45. The van der Waals surface area contributed by atoms with Gasteiger partial charge in [0.25, 0.3) is 0 Å². The van der Waals surface area contributed by atoms with E-state index in [1.54, 1.807) is 10.6 Å².